The molecule has 0 aliphatic heterocycles. The van der Waals surface area contributed by atoms with Crippen LogP contribution >= 0.6 is 31.9 Å². The zero-order valence-electron chi connectivity index (χ0n) is 19.7. The zero-order chi connectivity index (χ0) is 23.7. The summed E-state index contributed by atoms with van der Waals surface area (Å²) in [7, 11) is 0. The Bertz CT molecular complexity index is 1090. The van der Waals surface area contributed by atoms with Gasteiger partial charge in [-0.15, -0.1) is 5.10 Å². The molecule has 0 bridgehead atoms. The first-order valence-corrected chi connectivity index (χ1v) is 11.7. The average Bonchev–Trinajstić information content (AvgIpc) is 3.14. The summed E-state index contributed by atoms with van der Waals surface area (Å²) in [5, 5.41) is 7.23. The van der Waals surface area contributed by atoms with Crippen molar-refractivity contribution in [3.05, 3.63) is 60.5 Å². The molecule has 0 amide bonds. The summed E-state index contributed by atoms with van der Waals surface area (Å²) in [5.41, 5.74) is 3.28. The van der Waals surface area contributed by atoms with E-state index in [2.05, 4.69) is 95.7 Å². The molecule has 6 nitrogen and oxygen atoms in total. The third-order valence-corrected chi connectivity index (χ3v) is 5.64. The fourth-order valence-corrected chi connectivity index (χ4v) is 3.55. The first-order valence-electron chi connectivity index (χ1n) is 10.1. The standard InChI is InChI=1S/C16H21BrN2O.C7H11BrN2O/c1-10-7-11(2)14(12(3)8-10)20-15-13(17)9-19(18-15)16(4,5)6;1-7(2,3)10-4-5(8)6(11)9-10/h7-9H,1-6H3;4H,1-3H3,(H,9,11). The van der Waals surface area contributed by atoms with Gasteiger partial charge in [-0.1, -0.05) is 17.7 Å². The molecule has 2 aromatic heterocycles. The van der Waals surface area contributed by atoms with Crippen LogP contribution in [0.3, 0.4) is 0 Å². The van der Waals surface area contributed by atoms with Gasteiger partial charge in [0, 0.05) is 12.4 Å². The number of nitrogens with one attached hydrogen (secondary N) is 1. The number of aromatic amines is 1. The van der Waals surface area contributed by atoms with E-state index in [1.807, 2.05) is 31.6 Å². The summed E-state index contributed by atoms with van der Waals surface area (Å²) in [6.07, 6.45) is 3.70. The van der Waals surface area contributed by atoms with Crippen LogP contribution in [-0.4, -0.2) is 19.6 Å². The predicted octanol–water partition coefficient (Wildman–Crippen LogP) is 6.81. The maximum Gasteiger partial charge on any atom is 0.278 e. The van der Waals surface area contributed by atoms with Crippen molar-refractivity contribution < 1.29 is 4.74 Å². The molecule has 3 aromatic rings. The molecule has 170 valence electrons. The van der Waals surface area contributed by atoms with Crippen molar-refractivity contribution >= 4 is 31.9 Å². The van der Waals surface area contributed by atoms with E-state index in [0.717, 1.165) is 21.3 Å². The lowest BCUT2D eigenvalue weighted by atomic mass is 10.1. The summed E-state index contributed by atoms with van der Waals surface area (Å²) in [6, 6.07) is 4.24. The number of nitrogens with zero attached hydrogens (tertiary/aromatic N) is 3. The highest BCUT2D eigenvalue weighted by Gasteiger charge is 2.19. The van der Waals surface area contributed by atoms with Crippen molar-refractivity contribution in [2.45, 2.75) is 73.4 Å². The zero-order valence-corrected chi connectivity index (χ0v) is 22.9. The molecule has 0 fully saturated rings. The van der Waals surface area contributed by atoms with E-state index in [-0.39, 0.29) is 16.6 Å². The van der Waals surface area contributed by atoms with Gasteiger partial charge in [-0.05, 0) is 105 Å². The van der Waals surface area contributed by atoms with Gasteiger partial charge in [0.2, 0.25) is 0 Å². The summed E-state index contributed by atoms with van der Waals surface area (Å²) in [4.78, 5) is 11.0. The minimum atomic E-state index is -0.0834. The van der Waals surface area contributed by atoms with Crippen LogP contribution in [0.4, 0.5) is 0 Å². The lowest BCUT2D eigenvalue weighted by Crippen LogP contribution is -2.23. The highest BCUT2D eigenvalue weighted by Crippen LogP contribution is 2.34. The van der Waals surface area contributed by atoms with Crippen LogP contribution in [0.1, 0.15) is 58.2 Å². The Balaban J connectivity index is 0.000000262. The van der Waals surface area contributed by atoms with Gasteiger partial charge < -0.3 is 4.74 Å². The first kappa shape index (κ1) is 25.5. The SMILES string of the molecule is CC(C)(C)n1cc(Br)c(=O)[nH]1.Cc1cc(C)c(Oc2nn(C(C)(C)C)cc2Br)c(C)c1. The Hall–Kier alpha value is -1.80. The molecule has 0 unspecified atom stereocenters. The largest absolute Gasteiger partial charge is 0.436 e. The highest BCUT2D eigenvalue weighted by molar-refractivity contribution is 9.10. The molecule has 1 N–H and O–H groups in total. The van der Waals surface area contributed by atoms with Crippen LogP contribution in [0.2, 0.25) is 0 Å². The molecular weight excluding hydrogens is 524 g/mol. The second kappa shape index (κ2) is 9.36. The Labute approximate surface area is 201 Å². The quantitative estimate of drug-likeness (QED) is 0.377. The predicted molar refractivity (Wildman–Crippen MR) is 133 cm³/mol. The van der Waals surface area contributed by atoms with Gasteiger partial charge in [0.25, 0.3) is 11.4 Å². The van der Waals surface area contributed by atoms with E-state index < -0.39 is 0 Å². The second-order valence-corrected chi connectivity index (χ2v) is 11.4. The third kappa shape index (κ3) is 6.59. The number of halogens is 2. The summed E-state index contributed by atoms with van der Waals surface area (Å²) in [5.74, 6) is 1.49. The minimum Gasteiger partial charge on any atom is -0.436 e. The second-order valence-electron chi connectivity index (χ2n) is 9.69. The molecule has 8 heteroatoms. The molecule has 1 aromatic carbocycles. The molecule has 2 heterocycles. The molecule has 0 spiro atoms. The summed E-state index contributed by atoms with van der Waals surface area (Å²) in [6.45, 7) is 18.6. The number of H-pyrrole nitrogens is 1. The van der Waals surface area contributed by atoms with Crippen molar-refractivity contribution in [1.82, 2.24) is 19.6 Å². The number of hydrogen-bond donors (Lipinski definition) is 1. The number of benzene rings is 1. The fourth-order valence-electron chi connectivity index (χ4n) is 2.90. The van der Waals surface area contributed by atoms with Gasteiger partial charge in [-0.3, -0.25) is 19.3 Å². The number of aryl methyl sites for hydroxylation is 3. The van der Waals surface area contributed by atoms with Crippen LogP contribution in [0.25, 0.3) is 0 Å². The van der Waals surface area contributed by atoms with Crippen molar-refractivity contribution in [2.24, 2.45) is 0 Å². The molecule has 0 saturated heterocycles. The van der Waals surface area contributed by atoms with Crippen LogP contribution in [0.5, 0.6) is 11.6 Å². The summed E-state index contributed by atoms with van der Waals surface area (Å²) < 4.78 is 11.2. The minimum absolute atomic E-state index is 0.0643. The molecule has 3 rings (SSSR count). The normalized spacial score (nSPS) is 11.8. The number of hydrogen-bond acceptors (Lipinski definition) is 3. The van der Waals surface area contributed by atoms with Gasteiger partial charge in [0.1, 0.15) is 10.2 Å². The Kier molecular flexibility index (Phi) is 7.69. The van der Waals surface area contributed by atoms with Crippen LogP contribution in [0, 0.1) is 20.8 Å². The molecule has 0 atom stereocenters. The highest BCUT2D eigenvalue weighted by atomic mass is 79.9. The monoisotopic (exact) mass is 554 g/mol. The van der Waals surface area contributed by atoms with E-state index >= 15 is 0 Å². The van der Waals surface area contributed by atoms with Crippen LogP contribution in [0.15, 0.2) is 38.3 Å². The Morgan fingerprint density at radius 3 is 1.81 bits per heavy atom. The lowest BCUT2D eigenvalue weighted by Gasteiger charge is -2.19. The molecule has 31 heavy (non-hydrogen) atoms. The van der Waals surface area contributed by atoms with Crippen LogP contribution < -0.4 is 10.3 Å². The number of rotatable bonds is 2. The molecule has 0 aliphatic carbocycles. The van der Waals surface area contributed by atoms with Gasteiger partial charge >= 0.3 is 0 Å². The summed E-state index contributed by atoms with van der Waals surface area (Å²) >= 11 is 6.67. The lowest BCUT2D eigenvalue weighted by molar-refractivity contribution is 0.340. The van der Waals surface area contributed by atoms with E-state index in [1.54, 1.807) is 10.9 Å². The third-order valence-electron chi connectivity index (χ3n) is 4.53. The van der Waals surface area contributed by atoms with E-state index in [4.69, 9.17) is 4.74 Å². The van der Waals surface area contributed by atoms with Gasteiger partial charge in [-0.2, -0.15) is 0 Å². The van der Waals surface area contributed by atoms with E-state index in [0.29, 0.717) is 10.4 Å². The van der Waals surface area contributed by atoms with Gasteiger partial charge in [0.05, 0.1) is 15.6 Å². The molecule has 0 aliphatic rings. The van der Waals surface area contributed by atoms with Crippen molar-refractivity contribution in [3.63, 3.8) is 0 Å². The molecular formula is C23H32Br2N4O2. The van der Waals surface area contributed by atoms with Gasteiger partial charge in [0.15, 0.2) is 0 Å². The van der Waals surface area contributed by atoms with E-state index in [1.165, 1.54) is 5.56 Å². The average molecular weight is 556 g/mol. The smallest absolute Gasteiger partial charge is 0.278 e. The number of aromatic nitrogens is 4. The Morgan fingerprint density at radius 2 is 1.45 bits per heavy atom. The van der Waals surface area contributed by atoms with Gasteiger partial charge in [-0.25, -0.2) is 0 Å². The molecule has 0 radical (unpaired) electrons. The van der Waals surface area contributed by atoms with Crippen molar-refractivity contribution in [3.8, 4) is 11.6 Å². The fraction of sp³-hybridized carbons (Fsp3) is 0.478. The van der Waals surface area contributed by atoms with Crippen molar-refractivity contribution in [1.29, 1.82) is 0 Å². The first-order chi connectivity index (χ1) is 14.1. The Morgan fingerprint density at radius 1 is 0.903 bits per heavy atom. The maximum absolute atomic E-state index is 11.0. The van der Waals surface area contributed by atoms with Crippen LogP contribution in [-0.2, 0) is 11.1 Å². The van der Waals surface area contributed by atoms with Crippen molar-refractivity contribution in [2.75, 3.05) is 0 Å². The molecule has 0 saturated carbocycles. The van der Waals surface area contributed by atoms with E-state index in [9.17, 15) is 4.79 Å². The maximum atomic E-state index is 11.0. The topological polar surface area (TPSA) is 64.8 Å². The number of ether oxygens (including phenoxy) is 1.